The number of methoxy groups -OCH3 is 1. The highest BCUT2D eigenvalue weighted by molar-refractivity contribution is 9.10. The summed E-state index contributed by atoms with van der Waals surface area (Å²) in [5.74, 6) is 0.787. The zero-order valence-corrected chi connectivity index (χ0v) is 15.9. The van der Waals surface area contributed by atoms with Crippen molar-refractivity contribution in [2.45, 2.75) is 32.9 Å². The number of para-hydroxylation sites is 1. The molecule has 0 atom stereocenters. The molecule has 2 rings (SSSR count). The van der Waals surface area contributed by atoms with Gasteiger partial charge in [-0.25, -0.2) is 4.79 Å². The molecule has 1 amide bonds. The number of halogens is 1. The van der Waals surface area contributed by atoms with Crippen molar-refractivity contribution in [3.63, 3.8) is 0 Å². The summed E-state index contributed by atoms with van der Waals surface area (Å²) in [6.45, 7) is 5.92. The summed E-state index contributed by atoms with van der Waals surface area (Å²) in [6.07, 6.45) is -0.423. The molecule has 0 aliphatic heterocycles. The van der Waals surface area contributed by atoms with Crippen LogP contribution in [0.2, 0.25) is 0 Å². The Morgan fingerprint density at radius 2 is 1.88 bits per heavy atom. The van der Waals surface area contributed by atoms with Gasteiger partial charge < -0.3 is 14.8 Å². The van der Waals surface area contributed by atoms with E-state index in [9.17, 15) is 4.79 Å². The predicted molar refractivity (Wildman–Crippen MR) is 99.2 cm³/mol. The van der Waals surface area contributed by atoms with Crippen LogP contribution in [0.4, 0.5) is 4.79 Å². The second-order valence-corrected chi connectivity index (χ2v) is 7.23. The van der Waals surface area contributed by atoms with Crippen molar-refractivity contribution in [3.05, 3.63) is 52.5 Å². The van der Waals surface area contributed by atoms with E-state index in [2.05, 4.69) is 21.2 Å². The molecule has 0 aromatic heterocycles. The maximum Gasteiger partial charge on any atom is 0.407 e. The number of carbonyl (C=O) groups excluding carboxylic acids is 1. The molecule has 0 fully saturated rings. The molecule has 0 radical (unpaired) electrons. The lowest BCUT2D eigenvalue weighted by Crippen LogP contribution is -2.32. The molecule has 0 unspecified atom stereocenters. The van der Waals surface area contributed by atoms with E-state index in [1.54, 1.807) is 7.11 Å². The van der Waals surface area contributed by atoms with Gasteiger partial charge in [-0.3, -0.25) is 0 Å². The Bertz CT molecular complexity index is 723. The molecule has 4 nitrogen and oxygen atoms in total. The molecule has 0 bridgehead atoms. The minimum absolute atomic E-state index is 0.402. The summed E-state index contributed by atoms with van der Waals surface area (Å²) in [7, 11) is 1.65. The monoisotopic (exact) mass is 391 g/mol. The first-order chi connectivity index (χ1) is 11.3. The Morgan fingerprint density at radius 1 is 1.17 bits per heavy atom. The number of carbonyl (C=O) groups is 1. The first-order valence-electron chi connectivity index (χ1n) is 7.69. The van der Waals surface area contributed by atoms with Gasteiger partial charge in [0.05, 0.1) is 11.6 Å². The molecule has 0 aliphatic rings. The van der Waals surface area contributed by atoms with E-state index in [0.29, 0.717) is 6.54 Å². The Hall–Kier alpha value is -2.01. The minimum atomic E-state index is -0.504. The van der Waals surface area contributed by atoms with Gasteiger partial charge in [0.25, 0.3) is 0 Å². The summed E-state index contributed by atoms with van der Waals surface area (Å²) in [6, 6.07) is 13.9. The topological polar surface area (TPSA) is 47.6 Å². The summed E-state index contributed by atoms with van der Waals surface area (Å²) < 4.78 is 11.6. The normalized spacial score (nSPS) is 11.0. The van der Waals surface area contributed by atoms with Crippen LogP contribution in [0.3, 0.4) is 0 Å². The van der Waals surface area contributed by atoms with Crippen LogP contribution in [0.1, 0.15) is 26.3 Å². The van der Waals surface area contributed by atoms with E-state index in [0.717, 1.165) is 26.9 Å². The Labute approximate surface area is 151 Å². The van der Waals surface area contributed by atoms with E-state index >= 15 is 0 Å². The zero-order valence-electron chi connectivity index (χ0n) is 14.4. The maximum absolute atomic E-state index is 11.8. The van der Waals surface area contributed by atoms with Gasteiger partial charge in [-0.15, -0.1) is 0 Å². The molecule has 2 aromatic carbocycles. The Balaban J connectivity index is 2.15. The van der Waals surface area contributed by atoms with Crippen molar-refractivity contribution in [1.82, 2.24) is 5.32 Å². The molecule has 128 valence electrons. The molecule has 0 saturated heterocycles. The molecule has 2 aromatic rings. The van der Waals surface area contributed by atoms with Crippen molar-refractivity contribution in [2.24, 2.45) is 0 Å². The van der Waals surface area contributed by atoms with E-state index in [1.807, 2.05) is 63.2 Å². The maximum atomic E-state index is 11.8. The molecule has 0 heterocycles. The van der Waals surface area contributed by atoms with Crippen molar-refractivity contribution in [2.75, 3.05) is 7.11 Å². The Morgan fingerprint density at radius 3 is 2.54 bits per heavy atom. The van der Waals surface area contributed by atoms with Gasteiger partial charge in [-0.05, 0) is 60.0 Å². The van der Waals surface area contributed by atoms with Gasteiger partial charge in [0, 0.05) is 12.1 Å². The van der Waals surface area contributed by atoms with Crippen LogP contribution in [0, 0.1) is 0 Å². The third kappa shape index (κ3) is 4.99. The van der Waals surface area contributed by atoms with E-state index in [4.69, 9.17) is 9.47 Å². The highest BCUT2D eigenvalue weighted by Crippen LogP contribution is 2.36. The van der Waals surface area contributed by atoms with Crippen LogP contribution in [0.25, 0.3) is 11.1 Å². The summed E-state index contributed by atoms with van der Waals surface area (Å²) >= 11 is 3.50. The number of benzene rings is 2. The van der Waals surface area contributed by atoms with Crippen molar-refractivity contribution >= 4 is 22.0 Å². The van der Waals surface area contributed by atoms with Crippen molar-refractivity contribution in [1.29, 1.82) is 0 Å². The SMILES string of the molecule is COc1c(Br)cccc1-c1cccc(CNC(=O)OC(C)(C)C)c1. The molecule has 0 saturated carbocycles. The van der Waals surface area contributed by atoms with Crippen LogP contribution in [-0.4, -0.2) is 18.8 Å². The van der Waals surface area contributed by atoms with E-state index < -0.39 is 11.7 Å². The smallest absolute Gasteiger partial charge is 0.407 e. The summed E-state index contributed by atoms with van der Waals surface area (Å²) in [5.41, 5.74) is 2.50. The number of alkyl carbamates (subject to hydrolysis) is 1. The molecule has 0 aliphatic carbocycles. The highest BCUT2D eigenvalue weighted by Gasteiger charge is 2.16. The largest absolute Gasteiger partial charge is 0.495 e. The first-order valence-corrected chi connectivity index (χ1v) is 8.48. The van der Waals surface area contributed by atoms with Crippen LogP contribution < -0.4 is 10.1 Å². The molecule has 24 heavy (non-hydrogen) atoms. The van der Waals surface area contributed by atoms with Gasteiger partial charge in [-0.2, -0.15) is 0 Å². The molecular formula is C19H22BrNO3. The minimum Gasteiger partial charge on any atom is -0.495 e. The predicted octanol–water partition coefficient (Wildman–Crippen LogP) is 5.15. The first kappa shape index (κ1) is 18.3. The number of hydrogen-bond acceptors (Lipinski definition) is 3. The number of hydrogen-bond donors (Lipinski definition) is 1. The Kier molecular flexibility index (Phi) is 5.89. The highest BCUT2D eigenvalue weighted by atomic mass is 79.9. The summed E-state index contributed by atoms with van der Waals surface area (Å²) in [5, 5.41) is 2.77. The third-order valence-electron chi connectivity index (χ3n) is 3.24. The average molecular weight is 392 g/mol. The fraction of sp³-hybridized carbons (Fsp3) is 0.316. The van der Waals surface area contributed by atoms with Gasteiger partial charge >= 0.3 is 6.09 Å². The number of rotatable bonds is 4. The molecular weight excluding hydrogens is 370 g/mol. The summed E-state index contributed by atoms with van der Waals surface area (Å²) in [4.78, 5) is 11.8. The lowest BCUT2D eigenvalue weighted by atomic mass is 10.0. The van der Waals surface area contributed by atoms with Crippen molar-refractivity contribution in [3.8, 4) is 16.9 Å². The quantitative estimate of drug-likeness (QED) is 0.783. The van der Waals surface area contributed by atoms with Crippen molar-refractivity contribution < 1.29 is 14.3 Å². The van der Waals surface area contributed by atoms with Gasteiger partial charge in [-0.1, -0.05) is 30.3 Å². The van der Waals surface area contributed by atoms with E-state index in [-0.39, 0.29) is 0 Å². The second-order valence-electron chi connectivity index (χ2n) is 6.38. The fourth-order valence-corrected chi connectivity index (χ4v) is 2.81. The van der Waals surface area contributed by atoms with Gasteiger partial charge in [0.2, 0.25) is 0 Å². The molecule has 0 spiro atoms. The third-order valence-corrected chi connectivity index (χ3v) is 3.87. The van der Waals surface area contributed by atoms with Gasteiger partial charge in [0.15, 0.2) is 0 Å². The van der Waals surface area contributed by atoms with Crippen LogP contribution in [-0.2, 0) is 11.3 Å². The molecule has 1 N–H and O–H groups in total. The lowest BCUT2D eigenvalue weighted by molar-refractivity contribution is 0.0523. The van der Waals surface area contributed by atoms with E-state index in [1.165, 1.54) is 0 Å². The average Bonchev–Trinajstić information content (AvgIpc) is 2.51. The molecule has 5 heteroatoms. The number of amides is 1. The fourth-order valence-electron chi connectivity index (χ4n) is 2.28. The number of ether oxygens (including phenoxy) is 2. The van der Waals surface area contributed by atoms with Crippen LogP contribution >= 0.6 is 15.9 Å². The standard InChI is InChI=1S/C19H22BrNO3/c1-19(2,3)24-18(22)21-12-13-7-5-8-14(11-13)15-9-6-10-16(20)17(15)23-4/h5-11H,12H2,1-4H3,(H,21,22). The van der Waals surface area contributed by atoms with Crippen LogP contribution in [0.5, 0.6) is 5.75 Å². The number of nitrogens with one attached hydrogen (secondary N) is 1. The second kappa shape index (κ2) is 7.71. The lowest BCUT2D eigenvalue weighted by Gasteiger charge is -2.19. The zero-order chi connectivity index (χ0) is 17.7. The van der Waals surface area contributed by atoms with Crippen LogP contribution in [0.15, 0.2) is 46.9 Å². The van der Waals surface area contributed by atoms with Gasteiger partial charge in [0.1, 0.15) is 11.4 Å².